The quantitative estimate of drug-likeness (QED) is 0.233. The second kappa shape index (κ2) is 9.05. The Kier molecular flexibility index (Phi) is 5.92. The first-order valence-corrected chi connectivity index (χ1v) is 11.9. The number of nitrogen functional groups attached to an aromatic ring is 1. The lowest BCUT2D eigenvalue weighted by molar-refractivity contribution is -0.122. The highest BCUT2D eigenvalue weighted by atomic mass is 16.3. The van der Waals surface area contributed by atoms with E-state index in [1.165, 1.54) is 0 Å². The minimum atomic E-state index is -0.610. The van der Waals surface area contributed by atoms with Crippen LogP contribution in [0.2, 0.25) is 0 Å². The molecule has 35 heavy (non-hydrogen) atoms. The molecule has 180 valence electrons. The molecule has 0 radical (unpaired) electrons. The van der Waals surface area contributed by atoms with Crippen LogP contribution in [0.1, 0.15) is 25.0 Å². The van der Waals surface area contributed by atoms with Crippen LogP contribution in [-0.2, 0) is 16.1 Å². The van der Waals surface area contributed by atoms with Crippen molar-refractivity contribution in [3.8, 4) is 0 Å². The van der Waals surface area contributed by atoms with Crippen LogP contribution in [0.15, 0.2) is 54.9 Å². The van der Waals surface area contributed by atoms with Crippen LogP contribution in [0.3, 0.4) is 0 Å². The highest BCUT2D eigenvalue weighted by Gasteiger charge is 2.35. The third kappa shape index (κ3) is 3.90. The van der Waals surface area contributed by atoms with E-state index in [0.29, 0.717) is 46.4 Å². The Morgan fingerprint density at radius 2 is 1.71 bits per heavy atom. The number of fused-ring (bicyclic) bond motifs is 2. The van der Waals surface area contributed by atoms with Gasteiger partial charge in [0.25, 0.3) is 11.8 Å². The molecular formula is C27H29N5O3. The SMILES string of the molecule is CCN(CC)CC(O)Cn1cc(C2=C(c3c[nH]c4ccccc34)C(=O)NC2=O)c2c(N)cccc21. The van der Waals surface area contributed by atoms with Gasteiger partial charge in [0.05, 0.1) is 22.8 Å². The van der Waals surface area contributed by atoms with Crippen molar-refractivity contribution in [2.45, 2.75) is 26.5 Å². The third-order valence-corrected chi connectivity index (χ3v) is 6.77. The number of para-hydroxylation sites is 1. The lowest BCUT2D eigenvalue weighted by atomic mass is 9.95. The number of aliphatic hydroxyl groups excluding tert-OH is 1. The van der Waals surface area contributed by atoms with Crippen molar-refractivity contribution in [3.63, 3.8) is 0 Å². The summed E-state index contributed by atoms with van der Waals surface area (Å²) in [5.74, 6) is -0.895. The number of nitrogens with two attached hydrogens (primary N) is 1. The van der Waals surface area contributed by atoms with E-state index in [0.717, 1.165) is 29.5 Å². The minimum Gasteiger partial charge on any atom is -0.398 e. The Hall–Kier alpha value is -3.88. The van der Waals surface area contributed by atoms with E-state index in [2.05, 4.69) is 29.0 Å². The molecule has 5 rings (SSSR count). The van der Waals surface area contributed by atoms with Gasteiger partial charge in [0.2, 0.25) is 0 Å². The summed E-state index contributed by atoms with van der Waals surface area (Å²) in [4.78, 5) is 31.5. The second-order valence-corrected chi connectivity index (χ2v) is 8.86. The van der Waals surface area contributed by atoms with Crippen molar-refractivity contribution < 1.29 is 14.7 Å². The molecule has 2 amide bonds. The van der Waals surface area contributed by atoms with E-state index < -0.39 is 17.9 Å². The van der Waals surface area contributed by atoms with Gasteiger partial charge in [0.1, 0.15) is 0 Å². The predicted octanol–water partition coefficient (Wildman–Crippen LogP) is 2.97. The number of hydrogen-bond acceptors (Lipinski definition) is 5. The molecule has 8 nitrogen and oxygen atoms in total. The Morgan fingerprint density at radius 3 is 2.46 bits per heavy atom. The molecule has 0 saturated carbocycles. The fourth-order valence-electron chi connectivity index (χ4n) is 5.03. The maximum atomic E-state index is 13.1. The van der Waals surface area contributed by atoms with Gasteiger partial charge >= 0.3 is 0 Å². The van der Waals surface area contributed by atoms with Crippen LogP contribution in [0.5, 0.6) is 0 Å². The molecule has 1 atom stereocenters. The highest BCUT2D eigenvalue weighted by molar-refractivity contribution is 6.51. The molecule has 0 aliphatic carbocycles. The minimum absolute atomic E-state index is 0.291. The summed E-state index contributed by atoms with van der Waals surface area (Å²) < 4.78 is 1.92. The Labute approximate surface area is 203 Å². The number of aromatic amines is 1. The van der Waals surface area contributed by atoms with E-state index in [-0.39, 0.29) is 0 Å². The Balaban J connectivity index is 1.68. The molecule has 5 N–H and O–H groups in total. The lowest BCUT2D eigenvalue weighted by Crippen LogP contribution is -2.34. The summed E-state index contributed by atoms with van der Waals surface area (Å²) in [6.45, 7) is 6.69. The maximum Gasteiger partial charge on any atom is 0.259 e. The monoisotopic (exact) mass is 471 g/mol. The number of rotatable bonds is 8. The Morgan fingerprint density at radius 1 is 1.00 bits per heavy atom. The summed E-state index contributed by atoms with van der Waals surface area (Å²) in [6.07, 6.45) is 2.98. The van der Waals surface area contributed by atoms with E-state index in [1.807, 2.05) is 47.2 Å². The zero-order chi connectivity index (χ0) is 24.7. The van der Waals surface area contributed by atoms with Gasteiger partial charge in [-0.25, -0.2) is 0 Å². The number of likely N-dealkylation sites (N-methyl/N-ethyl adjacent to an activating group) is 1. The van der Waals surface area contributed by atoms with Gasteiger partial charge in [0.15, 0.2) is 0 Å². The summed E-state index contributed by atoms with van der Waals surface area (Å²) in [5, 5.41) is 14.8. The molecule has 0 fully saturated rings. The number of nitrogens with zero attached hydrogens (tertiary/aromatic N) is 2. The molecule has 0 bridgehead atoms. The fourth-order valence-corrected chi connectivity index (χ4v) is 5.03. The first-order valence-electron chi connectivity index (χ1n) is 11.9. The van der Waals surface area contributed by atoms with Gasteiger partial charge in [-0.1, -0.05) is 38.1 Å². The number of nitrogens with one attached hydrogen (secondary N) is 2. The number of amides is 2. The van der Waals surface area contributed by atoms with Gasteiger partial charge in [-0.2, -0.15) is 0 Å². The van der Waals surface area contributed by atoms with Crippen molar-refractivity contribution in [2.24, 2.45) is 0 Å². The molecule has 0 spiro atoms. The molecular weight excluding hydrogens is 442 g/mol. The number of carbonyl (C=O) groups excluding carboxylic acids is 2. The number of carbonyl (C=O) groups is 2. The van der Waals surface area contributed by atoms with Crippen LogP contribution in [-0.4, -0.2) is 57.1 Å². The summed E-state index contributed by atoms with van der Waals surface area (Å²) in [6, 6.07) is 13.2. The summed E-state index contributed by atoms with van der Waals surface area (Å²) in [5.41, 5.74) is 10.4. The van der Waals surface area contributed by atoms with Crippen molar-refractivity contribution in [3.05, 3.63) is 66.0 Å². The van der Waals surface area contributed by atoms with Crippen LogP contribution in [0, 0.1) is 0 Å². The predicted molar refractivity (Wildman–Crippen MR) is 138 cm³/mol. The fraction of sp³-hybridized carbons (Fsp3) is 0.259. The summed E-state index contributed by atoms with van der Waals surface area (Å²) >= 11 is 0. The number of aliphatic hydroxyl groups is 1. The third-order valence-electron chi connectivity index (χ3n) is 6.77. The van der Waals surface area contributed by atoms with Crippen LogP contribution in [0.25, 0.3) is 33.0 Å². The zero-order valence-corrected chi connectivity index (χ0v) is 19.8. The van der Waals surface area contributed by atoms with Gasteiger partial charge in [-0.3, -0.25) is 14.9 Å². The number of benzene rings is 2. The molecule has 2 aromatic carbocycles. The average molecular weight is 472 g/mol. The van der Waals surface area contributed by atoms with E-state index >= 15 is 0 Å². The average Bonchev–Trinajstić information content (AvgIpc) is 3.51. The first-order chi connectivity index (χ1) is 16.9. The maximum absolute atomic E-state index is 13.1. The van der Waals surface area contributed by atoms with Crippen LogP contribution >= 0.6 is 0 Å². The zero-order valence-electron chi connectivity index (χ0n) is 19.8. The molecule has 3 heterocycles. The molecule has 4 aromatic rings. The van der Waals surface area contributed by atoms with Gasteiger partial charge < -0.3 is 25.3 Å². The highest BCUT2D eigenvalue weighted by Crippen LogP contribution is 2.39. The number of anilines is 1. The molecule has 1 aliphatic heterocycles. The standard InChI is InChI=1S/C27H29N5O3/c1-3-31(4-2)13-16(33)14-32-15-19(23-20(28)9-7-11-22(23)32)25-24(26(34)30-27(25)35)18-12-29-21-10-6-5-8-17(18)21/h5-12,15-16,29,33H,3-4,13-14,28H2,1-2H3,(H,30,34,35). The molecule has 1 unspecified atom stereocenters. The molecule has 8 heteroatoms. The first kappa shape index (κ1) is 22.9. The van der Waals surface area contributed by atoms with Crippen LogP contribution in [0.4, 0.5) is 5.69 Å². The van der Waals surface area contributed by atoms with Gasteiger partial charge in [-0.15, -0.1) is 0 Å². The van der Waals surface area contributed by atoms with Crippen molar-refractivity contribution in [1.82, 2.24) is 19.8 Å². The normalized spacial score (nSPS) is 15.1. The van der Waals surface area contributed by atoms with Gasteiger partial charge in [0, 0.05) is 58.6 Å². The van der Waals surface area contributed by atoms with Crippen molar-refractivity contribution in [2.75, 3.05) is 25.4 Å². The largest absolute Gasteiger partial charge is 0.398 e. The number of hydrogen-bond donors (Lipinski definition) is 4. The second-order valence-electron chi connectivity index (χ2n) is 8.86. The van der Waals surface area contributed by atoms with Crippen molar-refractivity contribution in [1.29, 1.82) is 0 Å². The number of H-pyrrole nitrogens is 1. The van der Waals surface area contributed by atoms with E-state index in [4.69, 9.17) is 5.73 Å². The Bertz CT molecular complexity index is 1470. The van der Waals surface area contributed by atoms with Crippen LogP contribution < -0.4 is 11.1 Å². The van der Waals surface area contributed by atoms with E-state index in [1.54, 1.807) is 12.3 Å². The molecule has 1 aliphatic rings. The van der Waals surface area contributed by atoms with Gasteiger partial charge in [-0.05, 0) is 31.3 Å². The number of aromatic nitrogens is 2. The topological polar surface area (TPSA) is 116 Å². The smallest absolute Gasteiger partial charge is 0.259 e. The van der Waals surface area contributed by atoms with E-state index in [9.17, 15) is 14.7 Å². The molecule has 0 saturated heterocycles. The molecule has 2 aromatic heterocycles. The van der Waals surface area contributed by atoms with Crippen molar-refractivity contribution >= 4 is 50.5 Å². The lowest BCUT2D eigenvalue weighted by Gasteiger charge is -2.22. The number of imide groups is 1. The summed E-state index contributed by atoms with van der Waals surface area (Å²) in [7, 11) is 0.